The molecule has 1 saturated heterocycles. The smallest absolute Gasteiger partial charge is 0.257 e. The molecule has 1 aromatic rings. The number of carbonyl (C=O) groups is 1. The number of para-hydroxylation sites is 1. The van der Waals surface area contributed by atoms with E-state index in [9.17, 15) is 4.79 Å². The summed E-state index contributed by atoms with van der Waals surface area (Å²) in [5, 5.41) is 0. The molecule has 0 aromatic heterocycles. The monoisotopic (exact) mass is 311 g/mol. The van der Waals surface area contributed by atoms with Gasteiger partial charge < -0.3 is 14.4 Å². The fraction of sp³-hybridized carbons (Fsp3) is 0.562. The molecule has 4 nitrogen and oxygen atoms in total. The Hall–Kier alpha value is -1.26. The number of amides is 1. The quantitative estimate of drug-likeness (QED) is 0.803. The summed E-state index contributed by atoms with van der Waals surface area (Å²) in [7, 11) is 0. The van der Waals surface area contributed by atoms with E-state index >= 15 is 0 Å². The Kier molecular flexibility index (Phi) is 5.12. The van der Waals surface area contributed by atoms with E-state index in [0.717, 1.165) is 0 Å². The predicted octanol–water partition coefficient (Wildman–Crippen LogP) is 2.94. The summed E-state index contributed by atoms with van der Waals surface area (Å²) in [6, 6.07) is 7.33. The van der Waals surface area contributed by atoms with Crippen molar-refractivity contribution >= 4 is 17.5 Å². The average molecular weight is 312 g/mol. The molecule has 1 heterocycles. The van der Waals surface area contributed by atoms with E-state index in [2.05, 4.69) is 0 Å². The molecule has 1 unspecified atom stereocenters. The van der Waals surface area contributed by atoms with Gasteiger partial charge in [0.25, 0.3) is 5.91 Å². The highest BCUT2D eigenvalue weighted by Gasteiger charge is 2.36. The molecule has 1 aliphatic heterocycles. The van der Waals surface area contributed by atoms with E-state index < -0.39 is 5.60 Å². The van der Waals surface area contributed by atoms with Crippen LogP contribution in [0.2, 0.25) is 0 Å². The maximum Gasteiger partial charge on any atom is 0.257 e. The normalized spacial score (nSPS) is 21.1. The van der Waals surface area contributed by atoms with Gasteiger partial charge in [-0.1, -0.05) is 12.1 Å². The third-order valence-electron chi connectivity index (χ3n) is 3.36. The first kappa shape index (κ1) is 16.1. The van der Waals surface area contributed by atoms with Crippen molar-refractivity contribution in [1.82, 2.24) is 4.90 Å². The van der Waals surface area contributed by atoms with E-state index in [-0.39, 0.29) is 12.0 Å². The molecule has 0 spiro atoms. The molecule has 21 heavy (non-hydrogen) atoms. The maximum absolute atomic E-state index is 12.8. The number of alkyl halides is 1. The van der Waals surface area contributed by atoms with Crippen molar-refractivity contribution in [3.8, 4) is 5.75 Å². The third-order valence-corrected chi connectivity index (χ3v) is 3.70. The summed E-state index contributed by atoms with van der Waals surface area (Å²) >= 11 is 5.92. The van der Waals surface area contributed by atoms with Crippen LogP contribution in [0.15, 0.2) is 24.3 Å². The number of hydrogen-bond donors (Lipinski definition) is 0. The molecular weight excluding hydrogens is 290 g/mol. The summed E-state index contributed by atoms with van der Waals surface area (Å²) in [5.74, 6) is 0.961. The number of rotatable bonds is 4. The van der Waals surface area contributed by atoms with Gasteiger partial charge in [-0.25, -0.2) is 0 Å². The maximum atomic E-state index is 12.8. The molecule has 1 aliphatic rings. The lowest BCUT2D eigenvalue weighted by atomic mass is 10.0. The standard InChI is InChI=1S/C16H22ClNO3/c1-4-20-14-8-6-5-7-13(14)15(19)18-10-12(9-17)21-16(2,3)11-18/h5-8,12H,4,9-11H2,1-3H3. The highest BCUT2D eigenvalue weighted by Crippen LogP contribution is 2.26. The first-order valence-corrected chi connectivity index (χ1v) is 7.75. The molecule has 0 radical (unpaired) electrons. The van der Waals surface area contributed by atoms with Gasteiger partial charge in [0.1, 0.15) is 5.75 Å². The minimum atomic E-state index is -0.395. The summed E-state index contributed by atoms with van der Waals surface area (Å²) in [6.45, 7) is 7.43. The van der Waals surface area contributed by atoms with Crippen LogP contribution in [0.3, 0.4) is 0 Å². The van der Waals surface area contributed by atoms with Gasteiger partial charge in [0.15, 0.2) is 0 Å². The summed E-state index contributed by atoms with van der Waals surface area (Å²) in [5.41, 5.74) is 0.193. The zero-order valence-corrected chi connectivity index (χ0v) is 13.5. The van der Waals surface area contributed by atoms with E-state index in [0.29, 0.717) is 36.9 Å². The second-order valence-electron chi connectivity index (χ2n) is 5.77. The largest absolute Gasteiger partial charge is 0.493 e. The van der Waals surface area contributed by atoms with E-state index in [4.69, 9.17) is 21.1 Å². The van der Waals surface area contributed by atoms with E-state index in [1.165, 1.54) is 0 Å². The topological polar surface area (TPSA) is 38.8 Å². The zero-order chi connectivity index (χ0) is 15.5. The van der Waals surface area contributed by atoms with Gasteiger partial charge in [-0.05, 0) is 32.9 Å². The number of benzene rings is 1. The Morgan fingerprint density at radius 2 is 2.19 bits per heavy atom. The molecule has 1 atom stereocenters. The highest BCUT2D eigenvalue weighted by molar-refractivity contribution is 6.18. The van der Waals surface area contributed by atoms with Crippen LogP contribution < -0.4 is 4.74 Å². The first-order valence-electron chi connectivity index (χ1n) is 7.21. The lowest BCUT2D eigenvalue weighted by Gasteiger charge is -2.42. The predicted molar refractivity (Wildman–Crippen MR) is 83.2 cm³/mol. The van der Waals surface area contributed by atoms with Gasteiger partial charge in [-0.15, -0.1) is 11.6 Å². The van der Waals surface area contributed by atoms with Gasteiger partial charge in [0, 0.05) is 13.1 Å². The summed E-state index contributed by atoms with van der Waals surface area (Å²) in [4.78, 5) is 14.6. The van der Waals surface area contributed by atoms with Crippen LogP contribution in [0.1, 0.15) is 31.1 Å². The Morgan fingerprint density at radius 3 is 2.86 bits per heavy atom. The van der Waals surface area contributed by atoms with Crippen LogP contribution in [-0.4, -0.2) is 48.1 Å². The molecule has 5 heteroatoms. The van der Waals surface area contributed by atoms with Crippen LogP contribution >= 0.6 is 11.6 Å². The van der Waals surface area contributed by atoms with Crippen LogP contribution in [0.25, 0.3) is 0 Å². The number of hydrogen-bond acceptors (Lipinski definition) is 3. The Morgan fingerprint density at radius 1 is 1.48 bits per heavy atom. The van der Waals surface area contributed by atoms with Gasteiger partial charge in [-0.3, -0.25) is 4.79 Å². The van der Waals surface area contributed by atoms with Gasteiger partial charge in [0.05, 0.1) is 29.8 Å². The molecular formula is C16H22ClNO3. The Bertz CT molecular complexity index is 504. The van der Waals surface area contributed by atoms with Crippen LogP contribution in [0.5, 0.6) is 5.75 Å². The third kappa shape index (κ3) is 3.89. The van der Waals surface area contributed by atoms with Crippen molar-refractivity contribution in [3.63, 3.8) is 0 Å². The lowest BCUT2D eigenvalue weighted by Crippen LogP contribution is -2.55. The molecule has 0 bridgehead atoms. The van der Waals surface area contributed by atoms with Crippen molar-refractivity contribution in [2.45, 2.75) is 32.5 Å². The molecule has 1 fully saturated rings. The minimum absolute atomic E-state index is 0.0365. The van der Waals surface area contributed by atoms with Crippen molar-refractivity contribution in [2.75, 3.05) is 25.6 Å². The van der Waals surface area contributed by atoms with Crippen molar-refractivity contribution < 1.29 is 14.3 Å². The van der Waals surface area contributed by atoms with Gasteiger partial charge in [-0.2, -0.15) is 0 Å². The summed E-state index contributed by atoms with van der Waals surface area (Å²) in [6.07, 6.45) is -0.140. The number of ether oxygens (including phenoxy) is 2. The second kappa shape index (κ2) is 6.67. The highest BCUT2D eigenvalue weighted by atomic mass is 35.5. The van der Waals surface area contributed by atoms with Gasteiger partial charge in [0.2, 0.25) is 0 Å². The van der Waals surface area contributed by atoms with Gasteiger partial charge >= 0.3 is 0 Å². The number of halogens is 1. The minimum Gasteiger partial charge on any atom is -0.493 e. The average Bonchev–Trinajstić information content (AvgIpc) is 2.45. The van der Waals surface area contributed by atoms with Crippen LogP contribution in [-0.2, 0) is 4.74 Å². The number of nitrogens with zero attached hydrogens (tertiary/aromatic N) is 1. The molecule has 2 rings (SSSR count). The summed E-state index contributed by atoms with van der Waals surface area (Å²) < 4.78 is 11.4. The first-order chi connectivity index (χ1) is 9.96. The molecule has 1 aromatic carbocycles. The van der Waals surface area contributed by atoms with E-state index in [1.807, 2.05) is 39.0 Å². The van der Waals surface area contributed by atoms with Crippen LogP contribution in [0.4, 0.5) is 0 Å². The Labute approximate surface area is 131 Å². The Balaban J connectivity index is 2.23. The fourth-order valence-corrected chi connectivity index (χ4v) is 2.79. The van der Waals surface area contributed by atoms with E-state index in [1.54, 1.807) is 11.0 Å². The molecule has 0 aliphatic carbocycles. The molecule has 1 amide bonds. The van der Waals surface area contributed by atoms with Crippen molar-refractivity contribution in [3.05, 3.63) is 29.8 Å². The van der Waals surface area contributed by atoms with Crippen LogP contribution in [0, 0.1) is 0 Å². The van der Waals surface area contributed by atoms with Crippen molar-refractivity contribution in [1.29, 1.82) is 0 Å². The molecule has 0 saturated carbocycles. The zero-order valence-electron chi connectivity index (χ0n) is 12.8. The van der Waals surface area contributed by atoms with Crippen molar-refractivity contribution in [2.24, 2.45) is 0 Å². The number of carbonyl (C=O) groups excluding carboxylic acids is 1. The molecule has 0 N–H and O–H groups in total. The SMILES string of the molecule is CCOc1ccccc1C(=O)N1CC(CCl)OC(C)(C)C1. The second-order valence-corrected chi connectivity index (χ2v) is 6.08. The fourth-order valence-electron chi connectivity index (χ4n) is 2.63. The molecule has 116 valence electrons. The lowest BCUT2D eigenvalue weighted by molar-refractivity contribution is -0.117. The number of morpholine rings is 1.